The predicted molar refractivity (Wildman–Crippen MR) is 60.5 cm³/mol. The number of furan rings is 1. The number of hydrazine groups is 1. The third kappa shape index (κ3) is 1.75. The van der Waals surface area contributed by atoms with E-state index in [0.717, 1.165) is 23.7 Å². The first-order chi connectivity index (χ1) is 7.77. The molecule has 2 aromatic rings. The molecule has 0 aliphatic rings. The van der Waals surface area contributed by atoms with Gasteiger partial charge >= 0.3 is 0 Å². The Kier molecular flexibility index (Phi) is 3.07. The van der Waals surface area contributed by atoms with Gasteiger partial charge in [0.25, 0.3) is 0 Å². The van der Waals surface area contributed by atoms with Gasteiger partial charge in [0.2, 0.25) is 0 Å². The molecule has 0 fully saturated rings. The highest BCUT2D eigenvalue weighted by Gasteiger charge is 2.20. The van der Waals surface area contributed by atoms with Crippen LogP contribution in [0, 0.1) is 6.92 Å². The monoisotopic (exact) mass is 220 g/mol. The van der Waals surface area contributed by atoms with Crippen LogP contribution in [-0.4, -0.2) is 9.55 Å². The quantitative estimate of drug-likeness (QED) is 0.603. The molecule has 1 atom stereocenters. The van der Waals surface area contributed by atoms with Gasteiger partial charge in [-0.3, -0.25) is 5.84 Å². The number of aryl methyl sites for hydroxylation is 2. The van der Waals surface area contributed by atoms with Gasteiger partial charge in [-0.2, -0.15) is 0 Å². The Bertz CT molecular complexity index is 460. The summed E-state index contributed by atoms with van der Waals surface area (Å²) in [5.74, 6) is 7.36. The molecule has 0 aliphatic heterocycles. The number of hydrogen-bond acceptors (Lipinski definition) is 4. The van der Waals surface area contributed by atoms with Gasteiger partial charge in [0.05, 0.1) is 6.26 Å². The molecule has 0 saturated carbocycles. The summed E-state index contributed by atoms with van der Waals surface area (Å²) < 4.78 is 7.34. The number of nitrogens with zero attached hydrogens (tertiary/aromatic N) is 2. The molecule has 0 radical (unpaired) electrons. The normalized spacial score (nSPS) is 12.9. The molecule has 5 heteroatoms. The summed E-state index contributed by atoms with van der Waals surface area (Å²) in [5, 5.41) is 0. The van der Waals surface area contributed by atoms with Crippen molar-refractivity contribution in [2.24, 2.45) is 5.84 Å². The average Bonchev–Trinajstić information content (AvgIpc) is 2.90. The van der Waals surface area contributed by atoms with E-state index >= 15 is 0 Å². The van der Waals surface area contributed by atoms with E-state index in [2.05, 4.69) is 21.9 Å². The minimum Gasteiger partial charge on any atom is -0.469 e. The summed E-state index contributed by atoms with van der Waals surface area (Å²) in [6.45, 7) is 4.85. The summed E-state index contributed by atoms with van der Waals surface area (Å²) in [6.07, 6.45) is 5.38. The van der Waals surface area contributed by atoms with Crippen molar-refractivity contribution in [2.75, 3.05) is 0 Å². The highest BCUT2D eigenvalue weighted by molar-refractivity contribution is 5.26. The van der Waals surface area contributed by atoms with Crippen LogP contribution in [-0.2, 0) is 6.54 Å². The van der Waals surface area contributed by atoms with Crippen molar-refractivity contribution in [1.29, 1.82) is 0 Å². The van der Waals surface area contributed by atoms with Gasteiger partial charge in [0.15, 0.2) is 0 Å². The molecule has 3 N–H and O–H groups in total. The smallest absolute Gasteiger partial charge is 0.131 e. The van der Waals surface area contributed by atoms with Crippen LogP contribution in [0.2, 0.25) is 0 Å². The Morgan fingerprint density at radius 3 is 3.00 bits per heavy atom. The molecule has 0 amide bonds. The number of imidazole rings is 1. The van der Waals surface area contributed by atoms with Crippen molar-refractivity contribution in [3.05, 3.63) is 41.9 Å². The van der Waals surface area contributed by atoms with E-state index in [9.17, 15) is 0 Å². The Balaban J connectivity index is 2.40. The maximum atomic E-state index is 5.60. The van der Waals surface area contributed by atoms with Crippen molar-refractivity contribution < 1.29 is 4.42 Å². The molecule has 0 aromatic carbocycles. The zero-order valence-corrected chi connectivity index (χ0v) is 9.47. The van der Waals surface area contributed by atoms with Crippen molar-refractivity contribution >= 4 is 0 Å². The maximum absolute atomic E-state index is 5.60. The van der Waals surface area contributed by atoms with Gasteiger partial charge < -0.3 is 8.98 Å². The maximum Gasteiger partial charge on any atom is 0.131 e. The molecule has 2 aromatic heterocycles. The molecule has 2 rings (SSSR count). The van der Waals surface area contributed by atoms with Crippen LogP contribution in [0.5, 0.6) is 0 Å². The third-order valence-electron chi connectivity index (χ3n) is 2.72. The zero-order valence-electron chi connectivity index (χ0n) is 9.47. The van der Waals surface area contributed by atoms with Crippen LogP contribution in [0.3, 0.4) is 0 Å². The SMILES string of the molecule is CCn1ccnc1C(NN)c1ccoc1C. The summed E-state index contributed by atoms with van der Waals surface area (Å²) in [7, 11) is 0. The Morgan fingerprint density at radius 1 is 1.62 bits per heavy atom. The summed E-state index contributed by atoms with van der Waals surface area (Å²) in [5.41, 5.74) is 3.80. The molecule has 0 saturated heterocycles. The fourth-order valence-corrected chi connectivity index (χ4v) is 1.85. The lowest BCUT2D eigenvalue weighted by Gasteiger charge is -2.16. The lowest BCUT2D eigenvalue weighted by atomic mass is 10.1. The highest BCUT2D eigenvalue weighted by Crippen LogP contribution is 2.23. The topological polar surface area (TPSA) is 69.0 Å². The lowest BCUT2D eigenvalue weighted by Crippen LogP contribution is -2.31. The van der Waals surface area contributed by atoms with E-state index in [0.29, 0.717) is 0 Å². The minimum atomic E-state index is -0.131. The predicted octanol–water partition coefficient (Wildman–Crippen LogP) is 1.36. The van der Waals surface area contributed by atoms with E-state index in [-0.39, 0.29) is 6.04 Å². The van der Waals surface area contributed by atoms with Crippen LogP contribution in [0.25, 0.3) is 0 Å². The largest absolute Gasteiger partial charge is 0.469 e. The first-order valence-corrected chi connectivity index (χ1v) is 5.29. The first-order valence-electron chi connectivity index (χ1n) is 5.29. The van der Waals surface area contributed by atoms with Gasteiger partial charge in [0, 0.05) is 24.5 Å². The molecule has 86 valence electrons. The Hall–Kier alpha value is -1.59. The number of nitrogens with two attached hydrogens (primary N) is 1. The molecular formula is C11H16N4O. The van der Waals surface area contributed by atoms with Crippen LogP contribution >= 0.6 is 0 Å². The van der Waals surface area contributed by atoms with E-state index < -0.39 is 0 Å². The van der Waals surface area contributed by atoms with Crippen molar-refractivity contribution in [3.63, 3.8) is 0 Å². The van der Waals surface area contributed by atoms with E-state index in [1.807, 2.05) is 19.2 Å². The second-order valence-corrected chi connectivity index (χ2v) is 3.60. The Morgan fingerprint density at radius 2 is 2.44 bits per heavy atom. The number of aromatic nitrogens is 2. The zero-order chi connectivity index (χ0) is 11.5. The van der Waals surface area contributed by atoms with Crippen molar-refractivity contribution in [3.8, 4) is 0 Å². The lowest BCUT2D eigenvalue weighted by molar-refractivity contribution is 0.509. The molecular weight excluding hydrogens is 204 g/mol. The Labute approximate surface area is 94.2 Å². The van der Waals surface area contributed by atoms with Crippen LogP contribution in [0.15, 0.2) is 29.1 Å². The minimum absolute atomic E-state index is 0.131. The molecule has 0 aliphatic carbocycles. The van der Waals surface area contributed by atoms with E-state index in [4.69, 9.17) is 10.3 Å². The number of nitrogens with one attached hydrogen (secondary N) is 1. The molecule has 2 heterocycles. The van der Waals surface area contributed by atoms with E-state index in [1.54, 1.807) is 12.5 Å². The molecule has 0 spiro atoms. The van der Waals surface area contributed by atoms with Gasteiger partial charge in [0.1, 0.15) is 17.6 Å². The second kappa shape index (κ2) is 4.51. The van der Waals surface area contributed by atoms with E-state index in [1.165, 1.54) is 0 Å². The van der Waals surface area contributed by atoms with Crippen molar-refractivity contribution in [2.45, 2.75) is 26.4 Å². The molecule has 1 unspecified atom stereocenters. The highest BCUT2D eigenvalue weighted by atomic mass is 16.3. The molecule has 0 bridgehead atoms. The van der Waals surface area contributed by atoms with Crippen LogP contribution in [0.4, 0.5) is 0 Å². The fourth-order valence-electron chi connectivity index (χ4n) is 1.85. The number of rotatable bonds is 4. The first kappa shape index (κ1) is 10.9. The van der Waals surface area contributed by atoms with Crippen LogP contribution in [0.1, 0.15) is 30.1 Å². The van der Waals surface area contributed by atoms with Crippen LogP contribution < -0.4 is 11.3 Å². The summed E-state index contributed by atoms with van der Waals surface area (Å²) in [6, 6.07) is 1.78. The molecule has 16 heavy (non-hydrogen) atoms. The standard InChI is InChI=1S/C11H16N4O/c1-3-15-6-5-13-11(15)10(14-12)9-4-7-16-8(9)2/h4-7,10,14H,3,12H2,1-2H3. The van der Waals surface area contributed by atoms with Crippen molar-refractivity contribution in [1.82, 2.24) is 15.0 Å². The summed E-state index contributed by atoms with van der Waals surface area (Å²) >= 11 is 0. The number of hydrogen-bond donors (Lipinski definition) is 2. The van der Waals surface area contributed by atoms with Gasteiger partial charge in [-0.05, 0) is 19.9 Å². The summed E-state index contributed by atoms with van der Waals surface area (Å²) in [4.78, 5) is 4.33. The third-order valence-corrected chi connectivity index (χ3v) is 2.72. The van der Waals surface area contributed by atoms with Gasteiger partial charge in [-0.25, -0.2) is 10.4 Å². The average molecular weight is 220 g/mol. The van der Waals surface area contributed by atoms with Gasteiger partial charge in [-0.1, -0.05) is 0 Å². The molecule has 5 nitrogen and oxygen atoms in total. The fraction of sp³-hybridized carbons (Fsp3) is 0.364. The van der Waals surface area contributed by atoms with Gasteiger partial charge in [-0.15, -0.1) is 0 Å². The second-order valence-electron chi connectivity index (χ2n) is 3.60.